The van der Waals surface area contributed by atoms with Gasteiger partial charge in [0.25, 0.3) is 0 Å². The molecule has 11 aromatic rings. The van der Waals surface area contributed by atoms with E-state index < -0.39 is 0 Å². The molecule has 3 aliphatic carbocycles. The molecule has 2 heterocycles. The first-order chi connectivity index (χ1) is 29.7. The van der Waals surface area contributed by atoms with Crippen LogP contribution >= 0.6 is 0 Å². The largest absolute Gasteiger partial charge is 0.309 e. The van der Waals surface area contributed by atoms with Crippen molar-refractivity contribution in [1.82, 2.24) is 9.13 Å². The Morgan fingerprint density at radius 2 is 0.783 bits per heavy atom. The molecule has 2 bridgehead atoms. The molecule has 0 radical (unpaired) electrons. The van der Waals surface area contributed by atoms with Gasteiger partial charge in [-0.1, -0.05) is 133 Å². The highest BCUT2D eigenvalue weighted by Gasteiger charge is 2.43. The molecule has 0 saturated carbocycles. The molecule has 0 unspecified atom stereocenters. The summed E-state index contributed by atoms with van der Waals surface area (Å²) < 4.78 is 4.77. The second kappa shape index (κ2) is 12.5. The Morgan fingerprint density at radius 1 is 0.350 bits per heavy atom. The molecule has 0 amide bonds. The van der Waals surface area contributed by atoms with Crippen molar-refractivity contribution >= 4 is 43.6 Å². The summed E-state index contributed by atoms with van der Waals surface area (Å²) in [6, 6.07) is 75.5. The number of hydrogen-bond acceptors (Lipinski definition) is 1. The topological polar surface area (TPSA) is 33.6 Å². The Kier molecular flexibility index (Phi) is 6.91. The molecular weight excluding hydrogens is 727 g/mol. The van der Waals surface area contributed by atoms with Gasteiger partial charge in [-0.15, -0.1) is 0 Å². The second-order valence-electron chi connectivity index (χ2n) is 16.3. The lowest BCUT2D eigenvalue weighted by Gasteiger charge is -2.43. The van der Waals surface area contributed by atoms with E-state index in [1.54, 1.807) is 0 Å². The van der Waals surface area contributed by atoms with Crippen molar-refractivity contribution in [1.29, 1.82) is 5.26 Å². The average Bonchev–Trinajstić information content (AvgIpc) is 3.83. The molecule has 3 nitrogen and oxygen atoms in total. The van der Waals surface area contributed by atoms with Gasteiger partial charge >= 0.3 is 0 Å². The molecule has 2 aromatic heterocycles. The van der Waals surface area contributed by atoms with Gasteiger partial charge in [-0.05, 0) is 122 Å². The minimum Gasteiger partial charge on any atom is -0.309 e. The van der Waals surface area contributed by atoms with Crippen LogP contribution in [0.2, 0.25) is 0 Å². The van der Waals surface area contributed by atoms with Crippen molar-refractivity contribution in [3.8, 4) is 39.7 Å². The number of rotatable bonds is 4. The molecule has 3 heteroatoms. The van der Waals surface area contributed by atoms with E-state index in [0.29, 0.717) is 0 Å². The van der Waals surface area contributed by atoms with Gasteiger partial charge in [0.15, 0.2) is 0 Å². The van der Waals surface area contributed by atoms with E-state index in [4.69, 9.17) is 0 Å². The van der Waals surface area contributed by atoms with Crippen LogP contribution in [0, 0.1) is 11.3 Å². The van der Waals surface area contributed by atoms with Crippen LogP contribution in [0.25, 0.3) is 77.2 Å². The Morgan fingerprint density at radius 3 is 1.32 bits per heavy atom. The molecule has 14 rings (SSSR count). The number of fused-ring (bicyclic) bond motifs is 6. The zero-order valence-electron chi connectivity index (χ0n) is 32.5. The van der Waals surface area contributed by atoms with Crippen molar-refractivity contribution in [2.45, 2.75) is 11.8 Å². The number of para-hydroxylation sites is 3. The standard InChI is InChI=1S/C57H35N3/c58-34-38-24-29-41(57-54(38)55-44-16-4-6-18-46(44)56(57)47-19-7-5-17-45(47)55)35-22-27-40(28-23-35)60-51-21-11-9-15-43(51)49-33-37(26-31-53(49)60)36-25-30-52-48(32-36)42-14-8-10-20-50(42)59(52)39-12-2-1-3-13-39/h1-33,55-56H. The lowest BCUT2D eigenvalue weighted by molar-refractivity contribution is 0.753. The van der Waals surface area contributed by atoms with Gasteiger partial charge in [-0.2, -0.15) is 5.26 Å². The summed E-state index contributed by atoms with van der Waals surface area (Å²) in [5.41, 5.74) is 20.4. The predicted octanol–water partition coefficient (Wildman–Crippen LogP) is 14.1. The Hall–Kier alpha value is -7.93. The van der Waals surface area contributed by atoms with Gasteiger partial charge in [0, 0.05) is 44.8 Å². The maximum atomic E-state index is 10.4. The van der Waals surface area contributed by atoms with Crippen molar-refractivity contribution in [3.63, 3.8) is 0 Å². The van der Waals surface area contributed by atoms with Crippen LogP contribution in [-0.4, -0.2) is 9.13 Å². The van der Waals surface area contributed by atoms with E-state index >= 15 is 0 Å². The summed E-state index contributed by atoms with van der Waals surface area (Å²) in [6.45, 7) is 0. The first kappa shape index (κ1) is 33.1. The highest BCUT2D eigenvalue weighted by atomic mass is 15.0. The third kappa shape index (κ3) is 4.53. The Bertz CT molecular complexity index is 3570. The van der Waals surface area contributed by atoms with Crippen molar-refractivity contribution in [2.75, 3.05) is 0 Å². The zero-order valence-corrected chi connectivity index (χ0v) is 32.5. The van der Waals surface area contributed by atoms with Gasteiger partial charge in [-0.3, -0.25) is 0 Å². The molecule has 278 valence electrons. The highest BCUT2D eigenvalue weighted by molar-refractivity contribution is 6.12. The minimum atomic E-state index is 0.0466. The van der Waals surface area contributed by atoms with Crippen molar-refractivity contribution < 1.29 is 0 Å². The summed E-state index contributed by atoms with van der Waals surface area (Å²) in [5.74, 6) is 0.125. The molecule has 0 fully saturated rings. The number of benzene rings is 9. The van der Waals surface area contributed by atoms with Gasteiger partial charge in [0.05, 0.1) is 33.7 Å². The number of nitrogens with zero attached hydrogens (tertiary/aromatic N) is 3. The molecule has 9 aromatic carbocycles. The molecule has 0 saturated heterocycles. The number of nitriles is 1. The lowest BCUT2D eigenvalue weighted by atomic mass is 9.59. The summed E-state index contributed by atoms with van der Waals surface area (Å²) in [7, 11) is 0. The van der Waals surface area contributed by atoms with E-state index in [-0.39, 0.29) is 11.8 Å². The summed E-state index contributed by atoms with van der Waals surface area (Å²) in [4.78, 5) is 0. The monoisotopic (exact) mass is 761 g/mol. The van der Waals surface area contributed by atoms with E-state index in [0.717, 1.165) is 16.8 Å². The predicted molar refractivity (Wildman–Crippen MR) is 245 cm³/mol. The highest BCUT2D eigenvalue weighted by Crippen LogP contribution is 2.58. The fourth-order valence-electron chi connectivity index (χ4n) is 10.9. The SMILES string of the molecule is N#Cc1ccc(-c2ccc(-n3c4ccccc4c4cc(-c5ccc6c(c5)c5ccccc5n6-c5ccccc5)ccc43)cc2)c2c1C1c3ccccc3C2c2ccccc21. The Balaban J connectivity index is 0.930. The Labute approximate surface area is 347 Å². The van der Waals surface area contributed by atoms with Crippen LogP contribution in [0.15, 0.2) is 200 Å². The molecule has 60 heavy (non-hydrogen) atoms. The van der Waals surface area contributed by atoms with Gasteiger partial charge in [0.1, 0.15) is 0 Å². The first-order valence-corrected chi connectivity index (χ1v) is 20.7. The third-order valence-electron chi connectivity index (χ3n) is 13.4. The quantitative estimate of drug-likeness (QED) is 0.176. The van der Waals surface area contributed by atoms with Gasteiger partial charge < -0.3 is 9.13 Å². The summed E-state index contributed by atoms with van der Waals surface area (Å²) in [5, 5.41) is 15.4. The van der Waals surface area contributed by atoms with Crippen LogP contribution in [0.4, 0.5) is 0 Å². The molecule has 0 spiro atoms. The van der Waals surface area contributed by atoms with E-state index in [2.05, 4.69) is 209 Å². The zero-order chi connectivity index (χ0) is 39.5. The van der Waals surface area contributed by atoms with E-state index in [1.165, 1.54) is 99.4 Å². The lowest BCUT2D eigenvalue weighted by Crippen LogP contribution is -2.29. The molecule has 0 aliphatic heterocycles. The average molecular weight is 762 g/mol. The van der Waals surface area contributed by atoms with Gasteiger partial charge in [0.2, 0.25) is 0 Å². The normalized spacial score (nSPS) is 15.0. The maximum Gasteiger partial charge on any atom is 0.0994 e. The van der Waals surface area contributed by atoms with Crippen LogP contribution < -0.4 is 0 Å². The molecular formula is C57H35N3. The number of aromatic nitrogens is 2. The number of hydrogen-bond donors (Lipinski definition) is 0. The molecule has 0 N–H and O–H groups in total. The molecule has 3 aliphatic rings. The van der Waals surface area contributed by atoms with Crippen LogP contribution in [-0.2, 0) is 0 Å². The van der Waals surface area contributed by atoms with Crippen molar-refractivity contribution in [3.05, 3.63) is 239 Å². The minimum absolute atomic E-state index is 0.0466. The van der Waals surface area contributed by atoms with E-state index in [9.17, 15) is 5.26 Å². The van der Waals surface area contributed by atoms with Crippen LogP contribution in [0.5, 0.6) is 0 Å². The molecule has 0 atom stereocenters. The fraction of sp³-hybridized carbons (Fsp3) is 0.0351. The van der Waals surface area contributed by atoms with E-state index in [1.807, 2.05) is 6.07 Å². The van der Waals surface area contributed by atoms with Gasteiger partial charge in [-0.25, -0.2) is 0 Å². The van der Waals surface area contributed by atoms with Crippen molar-refractivity contribution in [2.24, 2.45) is 0 Å². The third-order valence-corrected chi connectivity index (χ3v) is 13.4. The first-order valence-electron chi connectivity index (χ1n) is 20.7. The smallest absolute Gasteiger partial charge is 0.0994 e. The maximum absolute atomic E-state index is 10.4. The summed E-state index contributed by atoms with van der Waals surface area (Å²) in [6.07, 6.45) is 0. The van der Waals surface area contributed by atoms with Crippen LogP contribution in [0.1, 0.15) is 50.8 Å². The summed E-state index contributed by atoms with van der Waals surface area (Å²) >= 11 is 0. The second-order valence-corrected chi connectivity index (χ2v) is 16.3. The fourth-order valence-corrected chi connectivity index (χ4v) is 10.9. The van der Waals surface area contributed by atoms with Crippen LogP contribution in [0.3, 0.4) is 0 Å².